The largest absolute Gasteiger partial charge is 0.459 e. The van der Waals surface area contributed by atoms with Crippen LogP contribution in [0.25, 0.3) is 10.6 Å². The minimum Gasteiger partial charge on any atom is -0.459 e. The number of hydrogen-bond acceptors (Lipinski definition) is 5. The summed E-state index contributed by atoms with van der Waals surface area (Å²) in [5.74, 6) is -1.65. The van der Waals surface area contributed by atoms with Crippen molar-refractivity contribution < 1.29 is 22.8 Å². The third kappa shape index (κ3) is 3.65. The zero-order valence-corrected chi connectivity index (χ0v) is 16.3. The van der Waals surface area contributed by atoms with E-state index in [0.717, 1.165) is 23.5 Å². The van der Waals surface area contributed by atoms with E-state index in [1.165, 1.54) is 12.3 Å². The van der Waals surface area contributed by atoms with Gasteiger partial charge in [-0.1, -0.05) is 6.07 Å². The van der Waals surface area contributed by atoms with Crippen LogP contribution >= 0.6 is 11.3 Å². The van der Waals surface area contributed by atoms with Crippen LogP contribution < -0.4 is 0 Å². The molecule has 150 valence electrons. The number of nitrogens with zero attached hydrogens (tertiary/aromatic N) is 3. The molecule has 0 bridgehead atoms. The molecule has 0 aliphatic carbocycles. The number of rotatable bonds is 3. The summed E-state index contributed by atoms with van der Waals surface area (Å²) in [6.45, 7) is 3.09. The topological polar surface area (TPSA) is 66.7 Å². The lowest BCUT2D eigenvalue weighted by Crippen LogP contribution is -2.50. The van der Waals surface area contributed by atoms with Crippen molar-refractivity contribution in [2.75, 3.05) is 26.2 Å². The van der Waals surface area contributed by atoms with Crippen molar-refractivity contribution in [3.63, 3.8) is 0 Å². The van der Waals surface area contributed by atoms with Crippen LogP contribution in [0.5, 0.6) is 0 Å². The van der Waals surface area contributed by atoms with Gasteiger partial charge in [0.15, 0.2) is 5.76 Å². The van der Waals surface area contributed by atoms with Crippen LogP contribution in [-0.2, 0) is 0 Å². The molecule has 0 radical (unpaired) electrons. The lowest BCUT2D eigenvalue weighted by Gasteiger charge is -2.34. The van der Waals surface area contributed by atoms with Gasteiger partial charge in [-0.15, -0.1) is 11.3 Å². The molecule has 4 rings (SSSR count). The molecule has 0 unspecified atom stereocenters. The minimum atomic E-state index is -0.720. The number of furan rings is 1. The van der Waals surface area contributed by atoms with Crippen molar-refractivity contribution in [1.82, 2.24) is 14.8 Å². The number of benzene rings is 1. The molecule has 2 aromatic heterocycles. The van der Waals surface area contributed by atoms with Gasteiger partial charge in [0.25, 0.3) is 11.8 Å². The van der Waals surface area contributed by atoms with Crippen LogP contribution in [0.1, 0.15) is 25.9 Å². The van der Waals surface area contributed by atoms with Gasteiger partial charge in [0, 0.05) is 26.2 Å². The smallest absolute Gasteiger partial charge is 0.289 e. The van der Waals surface area contributed by atoms with Gasteiger partial charge in [-0.3, -0.25) is 9.59 Å². The molecule has 1 aromatic carbocycles. The van der Waals surface area contributed by atoms with E-state index in [0.29, 0.717) is 36.8 Å². The van der Waals surface area contributed by atoms with Crippen molar-refractivity contribution in [3.05, 3.63) is 64.6 Å². The summed E-state index contributed by atoms with van der Waals surface area (Å²) in [6.07, 6.45) is 1.44. The Morgan fingerprint density at radius 3 is 2.21 bits per heavy atom. The minimum absolute atomic E-state index is 0.132. The molecule has 3 aromatic rings. The van der Waals surface area contributed by atoms with Crippen molar-refractivity contribution in [3.8, 4) is 10.6 Å². The lowest BCUT2D eigenvalue weighted by molar-refractivity contribution is 0.0520. The second-order valence-electron chi connectivity index (χ2n) is 6.59. The molecule has 0 N–H and O–H groups in total. The number of hydrogen-bond donors (Lipinski definition) is 0. The first-order valence-corrected chi connectivity index (χ1v) is 9.81. The van der Waals surface area contributed by atoms with Crippen LogP contribution in [0.2, 0.25) is 0 Å². The summed E-state index contributed by atoms with van der Waals surface area (Å²) >= 11 is 0.970. The zero-order chi connectivity index (χ0) is 20.5. The molecule has 0 atom stereocenters. The first kappa shape index (κ1) is 19.3. The molecule has 9 heteroatoms. The number of halogens is 2. The van der Waals surface area contributed by atoms with E-state index >= 15 is 0 Å². The van der Waals surface area contributed by atoms with Crippen LogP contribution in [0.3, 0.4) is 0 Å². The summed E-state index contributed by atoms with van der Waals surface area (Å²) in [5, 5.41) is 0.132. The predicted octanol–water partition coefficient (Wildman–Crippen LogP) is 3.59. The van der Waals surface area contributed by atoms with Gasteiger partial charge in [-0.2, -0.15) is 0 Å². The van der Waals surface area contributed by atoms with E-state index in [1.807, 2.05) is 0 Å². The highest BCUT2D eigenvalue weighted by atomic mass is 32.1. The van der Waals surface area contributed by atoms with Crippen LogP contribution in [-0.4, -0.2) is 52.8 Å². The molecule has 0 spiro atoms. The van der Waals surface area contributed by atoms with E-state index in [1.54, 1.807) is 28.9 Å². The molecule has 0 saturated carbocycles. The predicted molar refractivity (Wildman–Crippen MR) is 103 cm³/mol. The van der Waals surface area contributed by atoms with Gasteiger partial charge < -0.3 is 14.2 Å². The Labute approximate surface area is 169 Å². The highest BCUT2D eigenvalue weighted by Gasteiger charge is 2.29. The quantitative estimate of drug-likeness (QED) is 0.653. The Morgan fingerprint density at radius 1 is 1.00 bits per heavy atom. The number of aryl methyl sites for hydroxylation is 1. The summed E-state index contributed by atoms with van der Waals surface area (Å²) in [7, 11) is 0. The Balaban J connectivity index is 1.48. The maximum Gasteiger partial charge on any atom is 0.289 e. The molecule has 6 nitrogen and oxygen atoms in total. The van der Waals surface area contributed by atoms with Gasteiger partial charge in [-0.05, 0) is 31.2 Å². The first-order chi connectivity index (χ1) is 14.0. The van der Waals surface area contributed by atoms with E-state index in [9.17, 15) is 18.4 Å². The third-order valence-electron chi connectivity index (χ3n) is 4.75. The van der Waals surface area contributed by atoms with Crippen molar-refractivity contribution in [1.29, 1.82) is 0 Å². The number of aromatic nitrogens is 1. The van der Waals surface area contributed by atoms with Crippen LogP contribution in [0.4, 0.5) is 8.78 Å². The van der Waals surface area contributed by atoms with Crippen molar-refractivity contribution in [2.24, 2.45) is 0 Å². The summed E-state index contributed by atoms with van der Waals surface area (Å²) in [6, 6.07) is 6.85. The first-order valence-electron chi connectivity index (χ1n) is 8.99. The summed E-state index contributed by atoms with van der Waals surface area (Å²) in [4.78, 5) is 33.1. The molecular weight excluding hydrogens is 400 g/mol. The normalized spacial score (nSPS) is 14.3. The monoisotopic (exact) mass is 417 g/mol. The highest BCUT2D eigenvalue weighted by molar-refractivity contribution is 7.17. The van der Waals surface area contributed by atoms with Gasteiger partial charge in [0.2, 0.25) is 0 Å². The van der Waals surface area contributed by atoms with Gasteiger partial charge >= 0.3 is 0 Å². The summed E-state index contributed by atoms with van der Waals surface area (Å²) < 4.78 is 33.2. The number of amides is 2. The highest BCUT2D eigenvalue weighted by Crippen LogP contribution is 2.32. The fourth-order valence-corrected chi connectivity index (χ4v) is 4.30. The van der Waals surface area contributed by atoms with Crippen LogP contribution in [0, 0.1) is 18.6 Å². The molecule has 3 heterocycles. The molecule has 29 heavy (non-hydrogen) atoms. The maximum atomic E-state index is 14.1. The van der Waals surface area contributed by atoms with Crippen molar-refractivity contribution >= 4 is 23.2 Å². The van der Waals surface area contributed by atoms with E-state index in [-0.39, 0.29) is 28.1 Å². The average Bonchev–Trinajstić information content (AvgIpc) is 3.37. The van der Waals surface area contributed by atoms with Gasteiger partial charge in [-0.25, -0.2) is 13.8 Å². The number of thiazole rings is 1. The average molecular weight is 417 g/mol. The summed E-state index contributed by atoms with van der Waals surface area (Å²) in [5.41, 5.74) is 0.195. The number of carbonyl (C=O) groups is 2. The number of piperazine rings is 1. The fraction of sp³-hybridized carbons (Fsp3) is 0.250. The second-order valence-corrected chi connectivity index (χ2v) is 7.59. The number of carbonyl (C=O) groups excluding carboxylic acids is 2. The van der Waals surface area contributed by atoms with Crippen molar-refractivity contribution in [2.45, 2.75) is 6.92 Å². The zero-order valence-electron chi connectivity index (χ0n) is 15.5. The van der Waals surface area contributed by atoms with Crippen LogP contribution in [0.15, 0.2) is 41.0 Å². The lowest BCUT2D eigenvalue weighted by atomic mass is 10.2. The fourth-order valence-electron chi connectivity index (χ4n) is 3.22. The molecule has 2 amide bonds. The van der Waals surface area contributed by atoms with E-state index in [2.05, 4.69) is 4.98 Å². The van der Waals surface area contributed by atoms with E-state index < -0.39 is 11.6 Å². The Bertz CT molecular complexity index is 1040. The Hall–Kier alpha value is -3.07. The standard InChI is InChI=1S/C20H17F2N3O3S/c1-12-17(29-18(23-12)16-13(21)4-2-5-14(16)22)20(27)25-9-7-24(8-10-25)19(26)15-6-3-11-28-15/h2-6,11H,7-10H2,1H3. The Kier molecular flexibility index (Phi) is 5.14. The molecular formula is C20H17F2N3O3S. The second kappa shape index (κ2) is 7.75. The maximum absolute atomic E-state index is 14.1. The molecule has 1 saturated heterocycles. The molecule has 1 fully saturated rings. The SMILES string of the molecule is Cc1nc(-c2c(F)cccc2F)sc1C(=O)N1CCN(C(=O)c2ccco2)CC1. The molecule has 1 aliphatic heterocycles. The third-order valence-corrected chi connectivity index (χ3v) is 5.92. The van der Waals surface area contributed by atoms with Gasteiger partial charge in [0.1, 0.15) is 21.5 Å². The Morgan fingerprint density at radius 2 is 1.62 bits per heavy atom. The molecule has 1 aliphatic rings. The van der Waals surface area contributed by atoms with Gasteiger partial charge in [0.05, 0.1) is 17.5 Å². The van der Waals surface area contributed by atoms with E-state index in [4.69, 9.17) is 4.42 Å².